The summed E-state index contributed by atoms with van der Waals surface area (Å²) in [7, 11) is -3.29. The SMILES string of the molecule is CCN(CC1CCC1)S(=O)(=O)c1ccccc1. The number of rotatable bonds is 5. The highest BCUT2D eigenvalue weighted by atomic mass is 32.2. The molecular weight excluding hydrogens is 234 g/mol. The van der Waals surface area contributed by atoms with Crippen LogP contribution in [0.25, 0.3) is 0 Å². The zero-order valence-electron chi connectivity index (χ0n) is 10.2. The Bertz CT molecular complexity index is 452. The fourth-order valence-electron chi connectivity index (χ4n) is 2.10. The summed E-state index contributed by atoms with van der Waals surface area (Å²) >= 11 is 0. The Labute approximate surface area is 104 Å². The van der Waals surface area contributed by atoms with Gasteiger partial charge >= 0.3 is 0 Å². The van der Waals surface area contributed by atoms with Gasteiger partial charge in [-0.05, 0) is 30.9 Å². The van der Waals surface area contributed by atoms with Gasteiger partial charge in [0.15, 0.2) is 0 Å². The topological polar surface area (TPSA) is 37.4 Å². The molecule has 0 spiro atoms. The van der Waals surface area contributed by atoms with Crippen LogP contribution in [0.15, 0.2) is 35.2 Å². The van der Waals surface area contributed by atoms with Crippen LogP contribution < -0.4 is 0 Å². The molecule has 17 heavy (non-hydrogen) atoms. The Balaban J connectivity index is 2.17. The first-order chi connectivity index (χ1) is 8.14. The second-order valence-corrected chi connectivity index (χ2v) is 6.50. The van der Waals surface area contributed by atoms with E-state index in [2.05, 4.69) is 0 Å². The van der Waals surface area contributed by atoms with Crippen molar-refractivity contribution in [3.8, 4) is 0 Å². The van der Waals surface area contributed by atoms with E-state index in [1.807, 2.05) is 13.0 Å². The lowest BCUT2D eigenvalue weighted by Gasteiger charge is -2.31. The third-order valence-electron chi connectivity index (χ3n) is 3.42. The van der Waals surface area contributed by atoms with E-state index in [9.17, 15) is 8.42 Å². The van der Waals surface area contributed by atoms with E-state index in [1.54, 1.807) is 28.6 Å². The second kappa shape index (κ2) is 5.19. The van der Waals surface area contributed by atoms with Crippen molar-refractivity contribution < 1.29 is 8.42 Å². The molecule has 0 aliphatic heterocycles. The second-order valence-electron chi connectivity index (χ2n) is 4.57. The molecule has 1 saturated carbocycles. The number of sulfonamides is 1. The normalized spacial score (nSPS) is 17.1. The predicted molar refractivity (Wildman–Crippen MR) is 68.2 cm³/mol. The van der Waals surface area contributed by atoms with Gasteiger partial charge in [0.2, 0.25) is 10.0 Å². The quantitative estimate of drug-likeness (QED) is 0.808. The van der Waals surface area contributed by atoms with Crippen molar-refractivity contribution in [2.24, 2.45) is 5.92 Å². The van der Waals surface area contributed by atoms with Gasteiger partial charge in [-0.15, -0.1) is 0 Å². The molecule has 0 N–H and O–H groups in total. The van der Waals surface area contributed by atoms with Gasteiger partial charge < -0.3 is 0 Å². The van der Waals surface area contributed by atoms with Crippen molar-refractivity contribution in [1.82, 2.24) is 4.31 Å². The highest BCUT2D eigenvalue weighted by molar-refractivity contribution is 7.89. The van der Waals surface area contributed by atoms with E-state index in [0.29, 0.717) is 23.9 Å². The van der Waals surface area contributed by atoms with Crippen LogP contribution in [0.5, 0.6) is 0 Å². The molecule has 0 saturated heterocycles. The first kappa shape index (κ1) is 12.6. The third-order valence-corrected chi connectivity index (χ3v) is 5.38. The Hall–Kier alpha value is -0.870. The molecule has 2 rings (SSSR count). The lowest BCUT2D eigenvalue weighted by atomic mass is 9.85. The summed E-state index contributed by atoms with van der Waals surface area (Å²) in [6.07, 6.45) is 3.58. The van der Waals surface area contributed by atoms with Crippen molar-refractivity contribution in [3.63, 3.8) is 0 Å². The standard InChI is InChI=1S/C13H19NO2S/c1-2-14(11-12-7-6-8-12)17(15,16)13-9-4-3-5-10-13/h3-5,9-10,12H,2,6-8,11H2,1H3. The molecule has 1 aliphatic carbocycles. The van der Waals surface area contributed by atoms with Gasteiger partial charge in [0, 0.05) is 13.1 Å². The summed E-state index contributed by atoms with van der Waals surface area (Å²) in [6.45, 7) is 3.13. The van der Waals surface area contributed by atoms with Gasteiger partial charge in [-0.2, -0.15) is 4.31 Å². The van der Waals surface area contributed by atoms with Gasteiger partial charge in [0.1, 0.15) is 0 Å². The summed E-state index contributed by atoms with van der Waals surface area (Å²) < 4.78 is 26.3. The molecule has 1 aromatic rings. The van der Waals surface area contributed by atoms with Crippen molar-refractivity contribution in [2.75, 3.05) is 13.1 Å². The zero-order chi connectivity index (χ0) is 12.3. The molecule has 1 fully saturated rings. The number of hydrogen-bond donors (Lipinski definition) is 0. The lowest BCUT2D eigenvalue weighted by molar-refractivity contribution is 0.250. The Morgan fingerprint density at radius 3 is 2.35 bits per heavy atom. The molecule has 1 aromatic carbocycles. The van der Waals surface area contributed by atoms with Crippen LogP contribution in [-0.4, -0.2) is 25.8 Å². The summed E-state index contributed by atoms with van der Waals surface area (Å²) in [5, 5.41) is 0. The van der Waals surface area contributed by atoms with Crippen molar-refractivity contribution in [1.29, 1.82) is 0 Å². The fraction of sp³-hybridized carbons (Fsp3) is 0.538. The molecular formula is C13H19NO2S. The molecule has 0 radical (unpaired) electrons. The fourth-order valence-corrected chi connectivity index (χ4v) is 3.65. The van der Waals surface area contributed by atoms with E-state index in [4.69, 9.17) is 0 Å². The smallest absolute Gasteiger partial charge is 0.207 e. The maximum absolute atomic E-state index is 12.4. The minimum atomic E-state index is -3.29. The van der Waals surface area contributed by atoms with Crippen LogP contribution in [0, 0.1) is 5.92 Å². The molecule has 0 bridgehead atoms. The maximum Gasteiger partial charge on any atom is 0.243 e. The highest BCUT2D eigenvalue weighted by Crippen LogP contribution is 2.28. The summed E-state index contributed by atoms with van der Waals surface area (Å²) in [5.74, 6) is 0.563. The summed E-state index contributed by atoms with van der Waals surface area (Å²) in [6, 6.07) is 8.70. The lowest BCUT2D eigenvalue weighted by Crippen LogP contribution is -2.37. The van der Waals surface area contributed by atoms with Crippen molar-refractivity contribution >= 4 is 10.0 Å². The number of nitrogens with zero attached hydrogens (tertiary/aromatic N) is 1. The molecule has 0 unspecified atom stereocenters. The van der Waals surface area contributed by atoms with E-state index in [-0.39, 0.29) is 0 Å². The van der Waals surface area contributed by atoms with Gasteiger partial charge in [-0.25, -0.2) is 8.42 Å². The molecule has 3 nitrogen and oxygen atoms in total. The average Bonchev–Trinajstić information content (AvgIpc) is 2.28. The van der Waals surface area contributed by atoms with Gasteiger partial charge in [-0.1, -0.05) is 31.5 Å². The maximum atomic E-state index is 12.4. The van der Waals surface area contributed by atoms with Crippen LogP contribution >= 0.6 is 0 Å². The Morgan fingerprint density at radius 1 is 1.24 bits per heavy atom. The molecule has 0 heterocycles. The van der Waals surface area contributed by atoms with Gasteiger partial charge in [-0.3, -0.25) is 0 Å². The first-order valence-electron chi connectivity index (χ1n) is 6.20. The largest absolute Gasteiger partial charge is 0.243 e. The van der Waals surface area contributed by atoms with Gasteiger partial charge in [0.25, 0.3) is 0 Å². The van der Waals surface area contributed by atoms with Crippen LogP contribution in [0.1, 0.15) is 26.2 Å². The third kappa shape index (κ3) is 2.69. The molecule has 1 aliphatic rings. The molecule has 94 valence electrons. The van der Waals surface area contributed by atoms with Crippen LogP contribution in [0.3, 0.4) is 0 Å². The average molecular weight is 253 g/mol. The van der Waals surface area contributed by atoms with Crippen LogP contribution in [0.4, 0.5) is 0 Å². The monoisotopic (exact) mass is 253 g/mol. The van der Waals surface area contributed by atoms with Crippen LogP contribution in [0.2, 0.25) is 0 Å². The van der Waals surface area contributed by atoms with E-state index < -0.39 is 10.0 Å². The molecule has 0 atom stereocenters. The molecule has 4 heteroatoms. The van der Waals surface area contributed by atoms with E-state index in [1.165, 1.54) is 19.3 Å². The number of hydrogen-bond acceptors (Lipinski definition) is 2. The van der Waals surface area contributed by atoms with Gasteiger partial charge in [0.05, 0.1) is 4.90 Å². The minimum absolute atomic E-state index is 0.404. The summed E-state index contributed by atoms with van der Waals surface area (Å²) in [4.78, 5) is 0.404. The summed E-state index contributed by atoms with van der Waals surface area (Å²) in [5.41, 5.74) is 0. The van der Waals surface area contributed by atoms with Crippen molar-refractivity contribution in [2.45, 2.75) is 31.1 Å². The highest BCUT2D eigenvalue weighted by Gasteiger charge is 2.28. The minimum Gasteiger partial charge on any atom is -0.207 e. The zero-order valence-corrected chi connectivity index (χ0v) is 11.0. The van der Waals surface area contributed by atoms with E-state index in [0.717, 1.165) is 0 Å². The van der Waals surface area contributed by atoms with E-state index >= 15 is 0 Å². The van der Waals surface area contributed by atoms with Crippen LogP contribution in [-0.2, 0) is 10.0 Å². The van der Waals surface area contributed by atoms with Crippen molar-refractivity contribution in [3.05, 3.63) is 30.3 Å². The molecule has 0 aromatic heterocycles. The molecule has 0 amide bonds. The Kier molecular flexibility index (Phi) is 3.84. The number of benzene rings is 1. The predicted octanol–water partition coefficient (Wildman–Crippen LogP) is 2.50. The Morgan fingerprint density at radius 2 is 1.88 bits per heavy atom. The first-order valence-corrected chi connectivity index (χ1v) is 7.64.